The maximum atomic E-state index is 13.0. The number of nitro groups is 1. The quantitative estimate of drug-likeness (QED) is 0.253. The number of fused-ring (bicyclic) bond motifs is 1. The standard InChI is InChI=1S/C26H29N3O8/c1-26(2,3)37-25(32)28-15-21(36-23(30)18-9-11-19(12-10-18)29(33)34)22-20(28)13-14-27(22)24(31)35-16-17-7-5-4-6-8-17/h4-12,20-22H,13-16H2,1-3H3/t20-,21+,22+/m1/s1. The van der Waals surface area contributed by atoms with Gasteiger partial charge in [-0.3, -0.25) is 19.9 Å². The van der Waals surface area contributed by atoms with E-state index < -0.39 is 46.9 Å². The second-order valence-electron chi connectivity index (χ2n) is 9.96. The van der Waals surface area contributed by atoms with Crippen molar-refractivity contribution in [3.63, 3.8) is 0 Å². The topological polar surface area (TPSA) is 129 Å². The van der Waals surface area contributed by atoms with Gasteiger partial charge < -0.3 is 14.2 Å². The Morgan fingerprint density at radius 1 is 1.00 bits per heavy atom. The molecule has 3 atom stereocenters. The monoisotopic (exact) mass is 511 g/mol. The Labute approximate surface area is 214 Å². The Morgan fingerprint density at radius 3 is 2.30 bits per heavy atom. The van der Waals surface area contributed by atoms with Crippen LogP contribution in [0.1, 0.15) is 43.1 Å². The van der Waals surface area contributed by atoms with Gasteiger partial charge in [0.25, 0.3) is 5.69 Å². The van der Waals surface area contributed by atoms with Crippen LogP contribution >= 0.6 is 0 Å². The van der Waals surface area contributed by atoms with Crippen LogP contribution in [0.25, 0.3) is 0 Å². The molecular formula is C26H29N3O8. The summed E-state index contributed by atoms with van der Waals surface area (Å²) in [6, 6.07) is 13.2. The highest BCUT2D eigenvalue weighted by Gasteiger charge is 2.54. The van der Waals surface area contributed by atoms with Gasteiger partial charge in [-0.05, 0) is 44.9 Å². The average Bonchev–Trinajstić information content (AvgIpc) is 3.43. The van der Waals surface area contributed by atoms with Crippen LogP contribution in [-0.4, -0.2) is 69.8 Å². The summed E-state index contributed by atoms with van der Waals surface area (Å²) in [6.07, 6.45) is -1.50. The second kappa shape index (κ2) is 10.5. The number of non-ortho nitro benzene ring substituents is 1. The Balaban J connectivity index is 1.52. The van der Waals surface area contributed by atoms with Crippen molar-refractivity contribution < 1.29 is 33.5 Å². The van der Waals surface area contributed by atoms with Crippen LogP contribution in [0, 0.1) is 10.1 Å². The molecule has 2 heterocycles. The van der Waals surface area contributed by atoms with Crippen molar-refractivity contribution in [1.82, 2.24) is 9.80 Å². The zero-order valence-corrected chi connectivity index (χ0v) is 20.9. The zero-order valence-electron chi connectivity index (χ0n) is 20.9. The predicted molar refractivity (Wildman–Crippen MR) is 131 cm³/mol. The molecule has 2 aliphatic rings. The minimum Gasteiger partial charge on any atom is -0.455 e. The fourth-order valence-electron chi connectivity index (χ4n) is 4.60. The molecule has 196 valence electrons. The van der Waals surface area contributed by atoms with Crippen LogP contribution < -0.4 is 0 Å². The molecule has 2 amide bonds. The lowest BCUT2D eigenvalue weighted by Crippen LogP contribution is -2.46. The normalized spacial score (nSPS) is 20.8. The van der Waals surface area contributed by atoms with E-state index in [9.17, 15) is 24.5 Å². The van der Waals surface area contributed by atoms with Crippen molar-refractivity contribution >= 4 is 23.8 Å². The molecule has 11 nitrogen and oxygen atoms in total. The number of likely N-dealkylation sites (tertiary alicyclic amines) is 2. The maximum absolute atomic E-state index is 13.0. The molecule has 2 aliphatic heterocycles. The Kier molecular flexibility index (Phi) is 7.33. The molecule has 0 N–H and O–H groups in total. The third-order valence-corrected chi connectivity index (χ3v) is 6.22. The van der Waals surface area contributed by atoms with Gasteiger partial charge in [-0.15, -0.1) is 0 Å². The second-order valence-corrected chi connectivity index (χ2v) is 9.96. The number of benzene rings is 2. The van der Waals surface area contributed by atoms with Gasteiger partial charge in [-0.1, -0.05) is 30.3 Å². The molecule has 2 aromatic carbocycles. The molecular weight excluding hydrogens is 482 g/mol. The van der Waals surface area contributed by atoms with Crippen LogP contribution in [-0.2, 0) is 20.8 Å². The number of hydrogen-bond donors (Lipinski definition) is 0. The highest BCUT2D eigenvalue weighted by molar-refractivity contribution is 5.90. The van der Waals surface area contributed by atoms with Gasteiger partial charge in [0, 0.05) is 18.7 Å². The molecule has 0 spiro atoms. The van der Waals surface area contributed by atoms with Gasteiger partial charge >= 0.3 is 18.2 Å². The Hall–Kier alpha value is -4.15. The van der Waals surface area contributed by atoms with Crippen LogP contribution in [0.15, 0.2) is 54.6 Å². The highest BCUT2D eigenvalue weighted by Crippen LogP contribution is 2.35. The number of nitro benzene ring substituents is 1. The number of carbonyl (C=O) groups excluding carboxylic acids is 3. The fraction of sp³-hybridized carbons (Fsp3) is 0.423. The number of hydrogen-bond acceptors (Lipinski definition) is 8. The van der Waals surface area contributed by atoms with Crippen molar-refractivity contribution in [2.24, 2.45) is 0 Å². The van der Waals surface area contributed by atoms with Crippen molar-refractivity contribution in [1.29, 1.82) is 0 Å². The van der Waals surface area contributed by atoms with Gasteiger partial charge in [0.15, 0.2) is 0 Å². The third kappa shape index (κ3) is 5.99. The number of nitrogens with zero attached hydrogens (tertiary/aromatic N) is 3. The summed E-state index contributed by atoms with van der Waals surface area (Å²) in [7, 11) is 0. The third-order valence-electron chi connectivity index (χ3n) is 6.22. The molecule has 37 heavy (non-hydrogen) atoms. The van der Waals surface area contributed by atoms with Crippen molar-refractivity contribution in [3.8, 4) is 0 Å². The van der Waals surface area contributed by atoms with E-state index in [-0.39, 0.29) is 24.4 Å². The summed E-state index contributed by atoms with van der Waals surface area (Å²) < 4.78 is 16.8. The van der Waals surface area contributed by atoms with Crippen molar-refractivity contribution in [2.75, 3.05) is 13.1 Å². The Morgan fingerprint density at radius 2 is 1.68 bits per heavy atom. The summed E-state index contributed by atoms with van der Waals surface area (Å²) in [5.74, 6) is -0.714. The number of esters is 1. The summed E-state index contributed by atoms with van der Waals surface area (Å²) in [6.45, 7) is 5.70. The van der Waals surface area contributed by atoms with E-state index in [2.05, 4.69) is 0 Å². The van der Waals surface area contributed by atoms with Gasteiger partial charge in [0.1, 0.15) is 18.3 Å². The molecule has 2 fully saturated rings. The SMILES string of the molecule is CC(C)(C)OC(=O)N1C[C@H](OC(=O)c2ccc([N+](=O)[O-])cc2)[C@@H]2[C@H]1CCN2C(=O)OCc1ccccc1. The molecule has 0 unspecified atom stereocenters. The lowest BCUT2D eigenvalue weighted by molar-refractivity contribution is -0.384. The van der Waals surface area contributed by atoms with Crippen LogP contribution in [0.2, 0.25) is 0 Å². The largest absolute Gasteiger partial charge is 0.455 e. The van der Waals surface area contributed by atoms with E-state index in [0.29, 0.717) is 13.0 Å². The maximum Gasteiger partial charge on any atom is 0.410 e. The molecule has 0 bridgehead atoms. The first-order valence-electron chi connectivity index (χ1n) is 12.0. The molecule has 11 heteroatoms. The summed E-state index contributed by atoms with van der Waals surface area (Å²) in [4.78, 5) is 52.2. The van der Waals surface area contributed by atoms with E-state index in [1.54, 1.807) is 20.8 Å². The lowest BCUT2D eigenvalue weighted by atomic mass is 10.1. The molecule has 0 saturated carbocycles. The van der Waals surface area contributed by atoms with Gasteiger partial charge in [-0.2, -0.15) is 0 Å². The summed E-state index contributed by atoms with van der Waals surface area (Å²) in [5, 5.41) is 10.9. The number of rotatable bonds is 5. The zero-order chi connectivity index (χ0) is 26.7. The van der Waals surface area contributed by atoms with E-state index >= 15 is 0 Å². The van der Waals surface area contributed by atoms with Crippen LogP contribution in [0.3, 0.4) is 0 Å². The van der Waals surface area contributed by atoms with Gasteiger partial charge in [0.2, 0.25) is 0 Å². The first kappa shape index (κ1) is 25.9. The summed E-state index contributed by atoms with van der Waals surface area (Å²) >= 11 is 0. The number of ether oxygens (including phenoxy) is 3. The number of carbonyl (C=O) groups is 3. The highest BCUT2D eigenvalue weighted by atomic mass is 16.6. The van der Waals surface area contributed by atoms with Crippen molar-refractivity contribution in [3.05, 3.63) is 75.8 Å². The van der Waals surface area contributed by atoms with Crippen LogP contribution in [0.5, 0.6) is 0 Å². The lowest BCUT2D eigenvalue weighted by Gasteiger charge is -2.28. The van der Waals surface area contributed by atoms with E-state index in [0.717, 1.165) is 5.56 Å². The predicted octanol–water partition coefficient (Wildman–Crippen LogP) is 4.15. The van der Waals surface area contributed by atoms with E-state index in [1.165, 1.54) is 34.1 Å². The molecule has 2 saturated heterocycles. The number of amides is 2. The van der Waals surface area contributed by atoms with Crippen LogP contribution in [0.4, 0.5) is 15.3 Å². The smallest absolute Gasteiger partial charge is 0.410 e. The molecule has 0 aliphatic carbocycles. The van der Waals surface area contributed by atoms with Crippen molar-refractivity contribution in [2.45, 2.75) is 57.6 Å². The first-order valence-corrected chi connectivity index (χ1v) is 12.0. The fourth-order valence-corrected chi connectivity index (χ4v) is 4.60. The summed E-state index contributed by atoms with van der Waals surface area (Å²) in [5.41, 5.74) is 0.0628. The van der Waals surface area contributed by atoms with Gasteiger partial charge in [-0.25, -0.2) is 14.4 Å². The molecule has 4 rings (SSSR count). The molecule has 0 aromatic heterocycles. The minimum atomic E-state index is -0.841. The minimum absolute atomic E-state index is 0.0332. The van der Waals surface area contributed by atoms with Gasteiger partial charge in [0.05, 0.1) is 29.1 Å². The molecule has 2 aromatic rings. The van der Waals surface area contributed by atoms with E-state index in [1.807, 2.05) is 30.3 Å². The molecule has 0 radical (unpaired) electrons. The Bertz CT molecular complexity index is 1160. The average molecular weight is 512 g/mol. The first-order chi connectivity index (χ1) is 17.5. The van der Waals surface area contributed by atoms with E-state index in [4.69, 9.17) is 14.2 Å².